The van der Waals surface area contributed by atoms with E-state index in [4.69, 9.17) is 10.5 Å². The Morgan fingerprint density at radius 2 is 2.15 bits per heavy atom. The van der Waals surface area contributed by atoms with Gasteiger partial charge in [-0.1, -0.05) is 0 Å². The Balaban J connectivity index is 2.06. The molecule has 0 bridgehead atoms. The van der Waals surface area contributed by atoms with E-state index in [1.165, 1.54) is 6.07 Å². The van der Waals surface area contributed by atoms with Gasteiger partial charge in [0.25, 0.3) is 0 Å². The van der Waals surface area contributed by atoms with Crippen molar-refractivity contribution >= 4 is 31.6 Å². The molecule has 5 nitrogen and oxygen atoms in total. The smallest absolute Gasteiger partial charge is 0.241 e. The van der Waals surface area contributed by atoms with Crippen LogP contribution in [0.25, 0.3) is 0 Å². The normalized spacial score (nSPS) is 17.1. The Hall–Kier alpha value is -0.630. The molecule has 0 heterocycles. The summed E-state index contributed by atoms with van der Waals surface area (Å²) < 4.78 is 32.9. The summed E-state index contributed by atoms with van der Waals surface area (Å²) in [7, 11) is -1.89. The summed E-state index contributed by atoms with van der Waals surface area (Å²) in [5.41, 5.74) is 6.15. The van der Waals surface area contributed by atoms with Gasteiger partial charge in [-0.3, -0.25) is 0 Å². The number of nitrogens with one attached hydrogen (secondary N) is 1. The van der Waals surface area contributed by atoms with E-state index in [-0.39, 0.29) is 10.3 Å². The Labute approximate surface area is 128 Å². The van der Waals surface area contributed by atoms with Gasteiger partial charge in [-0.15, -0.1) is 0 Å². The lowest BCUT2D eigenvalue weighted by molar-refractivity contribution is 0.173. The third-order valence-corrected chi connectivity index (χ3v) is 6.07. The van der Waals surface area contributed by atoms with Crippen molar-refractivity contribution in [2.45, 2.75) is 24.2 Å². The number of nitrogen functional groups attached to an aromatic ring is 1. The van der Waals surface area contributed by atoms with Crippen molar-refractivity contribution < 1.29 is 13.2 Å². The van der Waals surface area contributed by atoms with Crippen LogP contribution in [0.5, 0.6) is 0 Å². The summed E-state index contributed by atoms with van der Waals surface area (Å²) in [5, 5.41) is 0. The lowest BCUT2D eigenvalue weighted by atomic mass is 10.0. The van der Waals surface area contributed by atoms with Crippen molar-refractivity contribution in [2.75, 3.05) is 26.0 Å². The summed E-state index contributed by atoms with van der Waals surface area (Å²) in [5.74, 6) is 0. The highest BCUT2D eigenvalue weighted by Gasteiger charge is 2.42. The van der Waals surface area contributed by atoms with Gasteiger partial charge in [0, 0.05) is 30.4 Å². The maximum absolute atomic E-state index is 12.3. The molecule has 0 aromatic heterocycles. The van der Waals surface area contributed by atoms with Gasteiger partial charge in [0.05, 0.1) is 4.90 Å². The first-order valence-electron chi connectivity index (χ1n) is 6.42. The largest absolute Gasteiger partial charge is 0.399 e. The molecule has 112 valence electrons. The zero-order chi connectivity index (χ0) is 14.8. The van der Waals surface area contributed by atoms with E-state index in [1.54, 1.807) is 19.2 Å². The van der Waals surface area contributed by atoms with E-state index >= 15 is 0 Å². The fourth-order valence-electron chi connectivity index (χ4n) is 2.06. The number of anilines is 1. The Morgan fingerprint density at radius 3 is 2.75 bits per heavy atom. The van der Waals surface area contributed by atoms with Crippen LogP contribution in [-0.2, 0) is 14.8 Å². The number of benzene rings is 1. The molecule has 0 atom stereocenters. The van der Waals surface area contributed by atoms with Gasteiger partial charge in [-0.2, -0.15) is 0 Å². The van der Waals surface area contributed by atoms with Gasteiger partial charge in [-0.25, -0.2) is 13.1 Å². The number of methoxy groups -OCH3 is 1. The minimum absolute atomic E-state index is 0.0654. The monoisotopic (exact) mass is 362 g/mol. The van der Waals surface area contributed by atoms with E-state index in [0.29, 0.717) is 23.3 Å². The molecule has 1 fully saturated rings. The van der Waals surface area contributed by atoms with Crippen LogP contribution in [0.15, 0.2) is 27.6 Å². The van der Waals surface area contributed by atoms with E-state index in [1.807, 2.05) is 0 Å². The predicted octanol–water partition coefficient (Wildman–Crippen LogP) is 2.13. The number of rotatable bonds is 7. The lowest BCUT2D eigenvalue weighted by Gasteiger charge is -2.16. The van der Waals surface area contributed by atoms with Gasteiger partial charge in [0.2, 0.25) is 10.0 Å². The summed E-state index contributed by atoms with van der Waals surface area (Å²) in [6.07, 6.45) is 2.96. The van der Waals surface area contributed by atoms with Crippen molar-refractivity contribution in [1.29, 1.82) is 0 Å². The molecule has 20 heavy (non-hydrogen) atoms. The highest BCUT2D eigenvalue weighted by molar-refractivity contribution is 9.10. The SMILES string of the molecule is COCCC1(CNS(=O)(=O)c2cc(N)ccc2Br)CC1. The zero-order valence-electron chi connectivity index (χ0n) is 11.4. The van der Waals surface area contributed by atoms with E-state index in [0.717, 1.165) is 19.3 Å². The number of nitrogens with two attached hydrogens (primary N) is 1. The molecule has 0 aliphatic heterocycles. The molecule has 7 heteroatoms. The number of ether oxygens (including phenoxy) is 1. The average molecular weight is 363 g/mol. The highest BCUT2D eigenvalue weighted by Crippen LogP contribution is 2.48. The number of sulfonamides is 1. The first kappa shape index (κ1) is 15.8. The number of hydrogen-bond acceptors (Lipinski definition) is 4. The fourth-order valence-corrected chi connectivity index (χ4v) is 4.22. The Morgan fingerprint density at radius 1 is 1.45 bits per heavy atom. The van der Waals surface area contributed by atoms with E-state index in [2.05, 4.69) is 20.7 Å². The summed E-state index contributed by atoms with van der Waals surface area (Å²) >= 11 is 3.25. The second-order valence-corrected chi connectivity index (χ2v) is 7.85. The molecular formula is C13H19BrN2O3S. The third kappa shape index (κ3) is 3.72. The van der Waals surface area contributed by atoms with Gasteiger partial charge in [-0.05, 0) is 58.8 Å². The van der Waals surface area contributed by atoms with Gasteiger partial charge >= 0.3 is 0 Å². The van der Waals surface area contributed by atoms with Crippen LogP contribution >= 0.6 is 15.9 Å². The molecular weight excluding hydrogens is 344 g/mol. The minimum Gasteiger partial charge on any atom is -0.399 e. The van der Waals surface area contributed by atoms with Gasteiger partial charge < -0.3 is 10.5 Å². The lowest BCUT2D eigenvalue weighted by Crippen LogP contribution is -2.31. The molecule has 1 aliphatic carbocycles. The van der Waals surface area contributed by atoms with E-state index in [9.17, 15) is 8.42 Å². The van der Waals surface area contributed by atoms with E-state index < -0.39 is 10.0 Å². The molecule has 1 saturated carbocycles. The first-order valence-corrected chi connectivity index (χ1v) is 8.70. The molecule has 2 rings (SSSR count). The van der Waals surface area contributed by atoms with Crippen molar-refractivity contribution in [1.82, 2.24) is 4.72 Å². The van der Waals surface area contributed by atoms with Crippen LogP contribution in [0.3, 0.4) is 0 Å². The molecule has 1 aromatic carbocycles. The van der Waals surface area contributed by atoms with Gasteiger partial charge in [0.1, 0.15) is 0 Å². The topological polar surface area (TPSA) is 81.4 Å². The number of halogens is 1. The molecule has 0 spiro atoms. The van der Waals surface area contributed by atoms with Crippen LogP contribution in [0.4, 0.5) is 5.69 Å². The second-order valence-electron chi connectivity index (χ2n) is 5.26. The summed E-state index contributed by atoms with van der Waals surface area (Å²) in [6.45, 7) is 1.10. The molecule has 1 aromatic rings. The summed E-state index contributed by atoms with van der Waals surface area (Å²) in [6, 6.07) is 4.76. The number of hydrogen-bond donors (Lipinski definition) is 2. The third-order valence-electron chi connectivity index (χ3n) is 3.68. The molecule has 3 N–H and O–H groups in total. The van der Waals surface area contributed by atoms with Crippen molar-refractivity contribution in [3.63, 3.8) is 0 Å². The van der Waals surface area contributed by atoms with Crippen LogP contribution in [-0.4, -0.2) is 28.7 Å². The maximum atomic E-state index is 12.3. The standard InChI is InChI=1S/C13H19BrN2O3S/c1-19-7-6-13(4-5-13)9-16-20(17,18)12-8-10(15)2-3-11(12)14/h2-3,8,16H,4-7,9,15H2,1H3. The van der Waals surface area contributed by atoms with Crippen LogP contribution in [0.1, 0.15) is 19.3 Å². The molecule has 0 radical (unpaired) electrons. The Bertz CT molecular complexity index is 585. The van der Waals surface area contributed by atoms with Crippen LogP contribution in [0.2, 0.25) is 0 Å². The fraction of sp³-hybridized carbons (Fsp3) is 0.538. The molecule has 1 aliphatic rings. The van der Waals surface area contributed by atoms with Crippen molar-refractivity contribution in [2.24, 2.45) is 5.41 Å². The van der Waals surface area contributed by atoms with Crippen molar-refractivity contribution in [3.05, 3.63) is 22.7 Å². The first-order chi connectivity index (χ1) is 9.38. The average Bonchev–Trinajstić information content (AvgIpc) is 3.18. The minimum atomic E-state index is -3.55. The Kier molecular flexibility index (Phi) is 4.73. The molecule has 0 unspecified atom stereocenters. The van der Waals surface area contributed by atoms with Crippen LogP contribution < -0.4 is 10.5 Å². The molecule has 0 amide bonds. The predicted molar refractivity (Wildman–Crippen MR) is 81.9 cm³/mol. The van der Waals surface area contributed by atoms with Crippen LogP contribution in [0, 0.1) is 5.41 Å². The van der Waals surface area contributed by atoms with Crippen molar-refractivity contribution in [3.8, 4) is 0 Å². The highest BCUT2D eigenvalue weighted by atomic mass is 79.9. The zero-order valence-corrected chi connectivity index (χ0v) is 13.8. The molecule has 0 saturated heterocycles. The van der Waals surface area contributed by atoms with Gasteiger partial charge in [0.15, 0.2) is 0 Å². The summed E-state index contributed by atoms with van der Waals surface area (Å²) in [4.78, 5) is 0.181. The maximum Gasteiger partial charge on any atom is 0.241 e. The quantitative estimate of drug-likeness (QED) is 0.728. The second kappa shape index (κ2) is 6.01.